The van der Waals surface area contributed by atoms with Crippen molar-refractivity contribution in [3.63, 3.8) is 0 Å². The molecule has 0 atom stereocenters. The minimum Gasteiger partial charge on any atom is -0.268 e. The van der Waals surface area contributed by atoms with E-state index in [9.17, 15) is 31.1 Å². The molecule has 1 heterocycles. The molecule has 0 saturated carbocycles. The molecule has 0 radical (unpaired) electrons. The third-order valence-corrected chi connectivity index (χ3v) is 5.04. The van der Waals surface area contributed by atoms with Crippen molar-refractivity contribution in [2.75, 3.05) is 4.90 Å². The van der Waals surface area contributed by atoms with Gasteiger partial charge >= 0.3 is 12.4 Å². The number of hydrogen-bond donors (Lipinski definition) is 0. The lowest BCUT2D eigenvalue weighted by molar-refractivity contribution is -0.138. The number of hydrogen-bond acceptors (Lipinski definition) is 3. The van der Waals surface area contributed by atoms with Crippen molar-refractivity contribution >= 4 is 46.0 Å². The Morgan fingerprint density at radius 3 is 2.07 bits per heavy atom. The highest BCUT2D eigenvalue weighted by Crippen LogP contribution is 2.39. The summed E-state index contributed by atoms with van der Waals surface area (Å²) >= 11 is 5.89. The van der Waals surface area contributed by atoms with Crippen LogP contribution in [0.4, 0.5) is 32.0 Å². The predicted octanol–water partition coefficient (Wildman–Crippen LogP) is 6.13. The average Bonchev–Trinajstić information content (AvgIpc) is 2.87. The zero-order valence-electron chi connectivity index (χ0n) is 13.6. The molecule has 2 nitrogen and oxygen atoms in total. The number of thiocarbonyl (C=S) groups is 1. The molecule has 0 aromatic heterocycles. The van der Waals surface area contributed by atoms with E-state index in [0.717, 1.165) is 47.0 Å². The van der Waals surface area contributed by atoms with Crippen molar-refractivity contribution in [3.05, 3.63) is 70.1 Å². The Balaban J connectivity index is 1.94. The van der Waals surface area contributed by atoms with Crippen LogP contribution in [0.2, 0.25) is 0 Å². The van der Waals surface area contributed by atoms with Gasteiger partial charge in [-0.15, -0.1) is 0 Å². The summed E-state index contributed by atoms with van der Waals surface area (Å²) in [4.78, 5) is 13.6. The van der Waals surface area contributed by atoms with E-state index in [0.29, 0.717) is 0 Å². The Labute approximate surface area is 164 Å². The van der Waals surface area contributed by atoms with Crippen molar-refractivity contribution in [1.82, 2.24) is 0 Å². The van der Waals surface area contributed by atoms with Gasteiger partial charge in [0.25, 0.3) is 5.91 Å². The molecule has 1 aliphatic heterocycles. The summed E-state index contributed by atoms with van der Waals surface area (Å²) < 4.78 is 77.2. The highest BCUT2D eigenvalue weighted by atomic mass is 32.2. The largest absolute Gasteiger partial charge is 0.416 e. The van der Waals surface area contributed by atoms with Gasteiger partial charge in [-0.25, -0.2) is 0 Å². The molecule has 0 aliphatic carbocycles. The predicted molar refractivity (Wildman–Crippen MR) is 98.5 cm³/mol. The zero-order valence-corrected chi connectivity index (χ0v) is 15.3. The second kappa shape index (κ2) is 7.25. The van der Waals surface area contributed by atoms with Crippen LogP contribution in [0.3, 0.4) is 0 Å². The number of alkyl halides is 6. The number of nitrogens with zero attached hydrogens (tertiary/aromatic N) is 1. The van der Waals surface area contributed by atoms with Crippen LogP contribution in [-0.2, 0) is 17.1 Å². The van der Waals surface area contributed by atoms with E-state index in [1.807, 2.05) is 0 Å². The van der Waals surface area contributed by atoms with Gasteiger partial charge in [0.2, 0.25) is 0 Å². The minimum absolute atomic E-state index is 0.0115. The van der Waals surface area contributed by atoms with Gasteiger partial charge in [0.1, 0.15) is 0 Å². The van der Waals surface area contributed by atoms with Crippen LogP contribution in [0.1, 0.15) is 16.7 Å². The van der Waals surface area contributed by atoms with Crippen LogP contribution in [0.25, 0.3) is 6.08 Å². The number of carbonyl (C=O) groups excluding carboxylic acids is 1. The van der Waals surface area contributed by atoms with Crippen molar-refractivity contribution in [3.8, 4) is 0 Å². The number of thioether (sulfide) groups is 1. The maximum Gasteiger partial charge on any atom is 0.416 e. The topological polar surface area (TPSA) is 20.3 Å². The highest BCUT2D eigenvalue weighted by Gasteiger charge is 2.36. The van der Waals surface area contributed by atoms with Crippen LogP contribution in [0, 0.1) is 0 Å². The quantitative estimate of drug-likeness (QED) is 0.323. The molecule has 146 valence electrons. The number of benzene rings is 2. The van der Waals surface area contributed by atoms with Gasteiger partial charge in [-0.2, -0.15) is 26.3 Å². The first-order valence-electron chi connectivity index (χ1n) is 7.59. The van der Waals surface area contributed by atoms with Crippen molar-refractivity contribution in [2.24, 2.45) is 0 Å². The molecular weight excluding hydrogens is 424 g/mol. The zero-order chi connectivity index (χ0) is 20.7. The summed E-state index contributed by atoms with van der Waals surface area (Å²) in [5, 5.41) is 0. The molecule has 10 heteroatoms. The molecule has 0 N–H and O–H groups in total. The van der Waals surface area contributed by atoms with Crippen molar-refractivity contribution < 1.29 is 31.1 Å². The molecule has 2 aromatic rings. The second-order valence-corrected chi connectivity index (χ2v) is 7.36. The molecule has 1 fully saturated rings. The smallest absolute Gasteiger partial charge is 0.268 e. The number of carbonyl (C=O) groups is 1. The van der Waals surface area contributed by atoms with Gasteiger partial charge in [-0.3, -0.25) is 9.69 Å². The third kappa shape index (κ3) is 4.22. The normalized spacial score (nSPS) is 16.9. The number of anilines is 1. The summed E-state index contributed by atoms with van der Waals surface area (Å²) in [7, 11) is 0. The number of halogens is 6. The minimum atomic E-state index is -4.59. The fourth-order valence-corrected chi connectivity index (χ4v) is 3.77. The molecule has 0 unspecified atom stereocenters. The molecular formula is C18H9F6NOS2. The molecule has 3 rings (SSSR count). The Morgan fingerprint density at radius 2 is 1.46 bits per heavy atom. The second-order valence-electron chi connectivity index (χ2n) is 5.69. The fourth-order valence-electron chi connectivity index (χ4n) is 2.47. The Kier molecular flexibility index (Phi) is 5.28. The van der Waals surface area contributed by atoms with E-state index in [1.165, 1.54) is 24.3 Å². The van der Waals surface area contributed by atoms with Crippen molar-refractivity contribution in [1.29, 1.82) is 0 Å². The summed E-state index contributed by atoms with van der Waals surface area (Å²) in [6.45, 7) is 0. The first kappa shape index (κ1) is 20.4. The van der Waals surface area contributed by atoms with Gasteiger partial charge in [-0.1, -0.05) is 42.2 Å². The van der Waals surface area contributed by atoms with Crippen LogP contribution in [0.5, 0.6) is 0 Å². The highest BCUT2D eigenvalue weighted by molar-refractivity contribution is 8.27. The maximum atomic E-state index is 12.9. The standard InChI is InChI=1S/C18H9F6NOS2/c19-17(20,21)11-4-1-3-10(7-11)8-14-15(26)25(16(27)28-14)13-6-2-5-12(9-13)18(22,23)24/h1-9H/b14-8+. The van der Waals surface area contributed by atoms with E-state index in [4.69, 9.17) is 12.2 Å². The van der Waals surface area contributed by atoms with Crippen LogP contribution in [-0.4, -0.2) is 10.2 Å². The van der Waals surface area contributed by atoms with Gasteiger partial charge in [0.15, 0.2) is 4.32 Å². The van der Waals surface area contributed by atoms with E-state index < -0.39 is 29.4 Å². The van der Waals surface area contributed by atoms with E-state index in [1.54, 1.807) is 0 Å². The average molecular weight is 433 g/mol. The van der Waals surface area contributed by atoms with Crippen LogP contribution < -0.4 is 4.90 Å². The van der Waals surface area contributed by atoms with Crippen LogP contribution >= 0.6 is 24.0 Å². The molecule has 2 aromatic carbocycles. The molecule has 1 saturated heterocycles. The van der Waals surface area contributed by atoms with E-state index in [2.05, 4.69) is 0 Å². The van der Waals surface area contributed by atoms with Crippen LogP contribution in [0.15, 0.2) is 53.4 Å². The molecule has 0 spiro atoms. The number of amides is 1. The van der Waals surface area contributed by atoms with E-state index in [-0.39, 0.29) is 20.5 Å². The summed E-state index contributed by atoms with van der Waals surface area (Å²) in [6, 6.07) is 8.44. The first-order chi connectivity index (χ1) is 13.0. The lowest BCUT2D eigenvalue weighted by Crippen LogP contribution is -2.27. The van der Waals surface area contributed by atoms with Crippen molar-refractivity contribution in [2.45, 2.75) is 12.4 Å². The number of rotatable bonds is 2. The molecule has 28 heavy (non-hydrogen) atoms. The molecule has 1 amide bonds. The SMILES string of the molecule is O=C1/C(=C\c2cccc(C(F)(F)F)c2)SC(=S)N1c1cccc(C(F)(F)F)c1. The Hall–Kier alpha value is -2.33. The van der Waals surface area contributed by atoms with Gasteiger partial charge in [0.05, 0.1) is 21.7 Å². The monoisotopic (exact) mass is 433 g/mol. The lowest BCUT2D eigenvalue weighted by Gasteiger charge is -2.16. The molecule has 1 aliphatic rings. The summed E-state index contributed by atoms with van der Waals surface area (Å²) in [5.41, 5.74) is -1.76. The fraction of sp³-hybridized carbons (Fsp3) is 0.111. The summed E-state index contributed by atoms with van der Waals surface area (Å²) in [6.07, 6.45) is -7.91. The Morgan fingerprint density at radius 1 is 0.893 bits per heavy atom. The van der Waals surface area contributed by atoms with Gasteiger partial charge < -0.3 is 0 Å². The van der Waals surface area contributed by atoms with Gasteiger partial charge in [0, 0.05) is 0 Å². The first-order valence-corrected chi connectivity index (χ1v) is 8.82. The molecule has 0 bridgehead atoms. The lowest BCUT2D eigenvalue weighted by atomic mass is 10.1. The maximum absolute atomic E-state index is 12.9. The Bertz CT molecular complexity index is 981. The van der Waals surface area contributed by atoms with E-state index >= 15 is 0 Å². The van der Waals surface area contributed by atoms with Gasteiger partial charge in [-0.05, 0) is 42.0 Å². The third-order valence-electron chi connectivity index (χ3n) is 3.74. The summed E-state index contributed by atoms with van der Waals surface area (Å²) in [5.74, 6) is -0.702.